The summed E-state index contributed by atoms with van der Waals surface area (Å²) in [4.78, 5) is 6.00. The highest BCUT2D eigenvalue weighted by atomic mass is 32.2. The van der Waals surface area contributed by atoms with Crippen LogP contribution in [0.25, 0.3) is 22.4 Å². The Balaban J connectivity index is 2.01. The second-order valence-corrected chi connectivity index (χ2v) is 7.73. The van der Waals surface area contributed by atoms with Gasteiger partial charge in [-0.15, -0.1) is 11.8 Å². The smallest absolute Gasteiger partial charge is 0.161 e. The molecule has 0 saturated heterocycles. The number of aromatic hydroxyl groups is 1. The molecule has 0 radical (unpaired) electrons. The van der Waals surface area contributed by atoms with E-state index in [4.69, 9.17) is 14.5 Å². The normalized spacial score (nSPS) is 10.7. The average Bonchev–Trinajstić information content (AvgIpc) is 2.75. The predicted octanol–water partition coefficient (Wildman–Crippen LogP) is 5.30. The molecule has 1 heterocycles. The highest BCUT2D eigenvalue weighted by molar-refractivity contribution is 7.99. The number of rotatable bonds is 9. The first-order chi connectivity index (χ1) is 14.1. The topological polar surface area (TPSA) is 63.6 Å². The number of benzene rings is 2. The van der Waals surface area contributed by atoms with Gasteiger partial charge in [0.2, 0.25) is 0 Å². The number of nitrogens with one attached hydrogen (secondary N) is 1. The molecule has 0 saturated carbocycles. The Bertz CT molecular complexity index is 945. The van der Waals surface area contributed by atoms with E-state index >= 15 is 0 Å². The van der Waals surface area contributed by atoms with Crippen molar-refractivity contribution in [3.05, 3.63) is 54.6 Å². The van der Waals surface area contributed by atoms with Gasteiger partial charge in [-0.1, -0.05) is 19.1 Å². The Morgan fingerprint density at radius 3 is 2.41 bits per heavy atom. The number of hydrogen-bond donors (Lipinski definition) is 2. The summed E-state index contributed by atoms with van der Waals surface area (Å²) >= 11 is 1.83. The van der Waals surface area contributed by atoms with Gasteiger partial charge >= 0.3 is 0 Å². The van der Waals surface area contributed by atoms with E-state index in [0.29, 0.717) is 18.9 Å². The summed E-state index contributed by atoms with van der Waals surface area (Å²) in [5, 5.41) is 13.2. The first-order valence-electron chi connectivity index (χ1n) is 9.50. The maximum Gasteiger partial charge on any atom is 0.161 e. The van der Waals surface area contributed by atoms with Gasteiger partial charge in [0.05, 0.1) is 19.4 Å². The standard InChI is InChI=1S/C23H26N2O3S/c1-4-29-19-8-5-16(6-9-19)18-13-20(25-23(15-18)24-11-12-27-2)17-7-10-21(26)22(14-17)28-3/h5-10,13-15,26H,4,11-12H2,1-3H3,(H,24,25). The number of ether oxygens (including phenoxy) is 2. The minimum atomic E-state index is 0.106. The molecule has 152 valence electrons. The van der Waals surface area contributed by atoms with E-state index in [0.717, 1.165) is 34.0 Å². The molecule has 0 aliphatic carbocycles. The van der Waals surface area contributed by atoms with Crippen LogP contribution in [0.1, 0.15) is 6.92 Å². The first kappa shape index (κ1) is 21.0. The Hall–Kier alpha value is -2.70. The Kier molecular flexibility index (Phi) is 7.38. The number of aromatic nitrogens is 1. The lowest BCUT2D eigenvalue weighted by molar-refractivity contribution is 0.210. The van der Waals surface area contributed by atoms with Gasteiger partial charge < -0.3 is 19.9 Å². The van der Waals surface area contributed by atoms with Crippen molar-refractivity contribution in [1.82, 2.24) is 4.98 Å². The van der Waals surface area contributed by atoms with Crippen LogP contribution in [0, 0.1) is 0 Å². The molecule has 0 aliphatic rings. The largest absolute Gasteiger partial charge is 0.504 e. The Morgan fingerprint density at radius 2 is 1.72 bits per heavy atom. The number of pyridine rings is 1. The number of nitrogens with zero attached hydrogens (tertiary/aromatic N) is 1. The van der Waals surface area contributed by atoms with E-state index in [1.165, 1.54) is 12.0 Å². The zero-order valence-electron chi connectivity index (χ0n) is 16.9. The summed E-state index contributed by atoms with van der Waals surface area (Å²) in [5.41, 5.74) is 3.85. The molecule has 29 heavy (non-hydrogen) atoms. The summed E-state index contributed by atoms with van der Waals surface area (Å²) < 4.78 is 10.4. The molecule has 0 bridgehead atoms. The van der Waals surface area contributed by atoms with Gasteiger partial charge in [-0.05, 0) is 59.3 Å². The third-order valence-electron chi connectivity index (χ3n) is 4.41. The third-order valence-corrected chi connectivity index (χ3v) is 5.31. The quantitative estimate of drug-likeness (QED) is 0.369. The molecule has 0 amide bonds. The monoisotopic (exact) mass is 410 g/mol. The van der Waals surface area contributed by atoms with E-state index in [2.05, 4.69) is 42.6 Å². The fourth-order valence-electron chi connectivity index (χ4n) is 2.96. The minimum absolute atomic E-state index is 0.106. The van der Waals surface area contributed by atoms with Crippen LogP contribution in [-0.4, -0.2) is 43.2 Å². The molecule has 3 rings (SSSR count). The maximum atomic E-state index is 9.91. The zero-order valence-corrected chi connectivity index (χ0v) is 17.8. The molecule has 2 aromatic carbocycles. The van der Waals surface area contributed by atoms with E-state index < -0.39 is 0 Å². The van der Waals surface area contributed by atoms with Crippen LogP contribution in [-0.2, 0) is 4.74 Å². The van der Waals surface area contributed by atoms with Gasteiger partial charge in [0, 0.05) is 24.1 Å². The molecule has 0 atom stereocenters. The Labute approximate surface area is 176 Å². The molecule has 3 aromatic rings. The van der Waals surface area contributed by atoms with Crippen LogP contribution in [0.15, 0.2) is 59.5 Å². The molecule has 0 aliphatic heterocycles. The number of phenolic OH excluding ortho intramolecular Hbond substituents is 1. The SMILES string of the molecule is CCSc1ccc(-c2cc(NCCOC)nc(-c3ccc(O)c(OC)c3)c2)cc1. The lowest BCUT2D eigenvalue weighted by Crippen LogP contribution is -2.09. The molecule has 0 fully saturated rings. The van der Waals surface area contributed by atoms with Crippen LogP contribution in [0.3, 0.4) is 0 Å². The summed E-state index contributed by atoms with van der Waals surface area (Å²) in [5.74, 6) is 2.35. The maximum absolute atomic E-state index is 9.91. The summed E-state index contributed by atoms with van der Waals surface area (Å²) in [7, 11) is 3.21. The zero-order chi connectivity index (χ0) is 20.6. The highest BCUT2D eigenvalue weighted by Crippen LogP contribution is 2.34. The average molecular weight is 411 g/mol. The van der Waals surface area contributed by atoms with Gasteiger partial charge in [0.15, 0.2) is 11.5 Å². The van der Waals surface area contributed by atoms with Crippen LogP contribution in [0.4, 0.5) is 5.82 Å². The van der Waals surface area contributed by atoms with Gasteiger partial charge in [-0.25, -0.2) is 4.98 Å². The third kappa shape index (κ3) is 5.43. The second kappa shape index (κ2) is 10.2. The summed E-state index contributed by atoms with van der Waals surface area (Å²) in [6, 6.07) is 17.9. The number of thioether (sulfide) groups is 1. The van der Waals surface area contributed by atoms with Crippen molar-refractivity contribution < 1.29 is 14.6 Å². The fourth-order valence-corrected chi connectivity index (χ4v) is 3.63. The fraction of sp³-hybridized carbons (Fsp3) is 0.261. The van der Waals surface area contributed by atoms with Crippen LogP contribution in [0.2, 0.25) is 0 Å². The van der Waals surface area contributed by atoms with Gasteiger partial charge in [0.25, 0.3) is 0 Å². The van der Waals surface area contributed by atoms with Crippen molar-refractivity contribution in [1.29, 1.82) is 0 Å². The highest BCUT2D eigenvalue weighted by Gasteiger charge is 2.10. The van der Waals surface area contributed by atoms with Crippen molar-refractivity contribution >= 4 is 17.6 Å². The number of methoxy groups -OCH3 is 2. The van der Waals surface area contributed by atoms with Crippen molar-refractivity contribution in [3.8, 4) is 33.9 Å². The molecular formula is C23H26N2O3S. The van der Waals surface area contributed by atoms with Crippen molar-refractivity contribution in [2.75, 3.05) is 38.4 Å². The number of anilines is 1. The van der Waals surface area contributed by atoms with Gasteiger partial charge in [-0.2, -0.15) is 0 Å². The molecule has 6 heteroatoms. The summed E-state index contributed by atoms with van der Waals surface area (Å²) in [6.45, 7) is 3.41. The lowest BCUT2D eigenvalue weighted by Gasteiger charge is -2.13. The van der Waals surface area contributed by atoms with Crippen molar-refractivity contribution in [3.63, 3.8) is 0 Å². The van der Waals surface area contributed by atoms with E-state index in [1.807, 2.05) is 23.9 Å². The number of phenols is 1. The molecular weight excluding hydrogens is 384 g/mol. The van der Waals surface area contributed by atoms with Gasteiger partial charge in [-0.3, -0.25) is 0 Å². The second-order valence-electron chi connectivity index (χ2n) is 6.39. The number of hydrogen-bond acceptors (Lipinski definition) is 6. The predicted molar refractivity (Wildman–Crippen MR) is 120 cm³/mol. The van der Waals surface area contributed by atoms with Crippen LogP contribution in [0.5, 0.6) is 11.5 Å². The van der Waals surface area contributed by atoms with Crippen LogP contribution >= 0.6 is 11.8 Å². The van der Waals surface area contributed by atoms with Crippen LogP contribution < -0.4 is 10.1 Å². The van der Waals surface area contributed by atoms with Crippen molar-refractivity contribution in [2.45, 2.75) is 11.8 Å². The summed E-state index contributed by atoms with van der Waals surface area (Å²) in [6.07, 6.45) is 0. The molecule has 1 aromatic heterocycles. The Morgan fingerprint density at radius 1 is 0.966 bits per heavy atom. The van der Waals surface area contributed by atoms with E-state index in [1.54, 1.807) is 19.2 Å². The van der Waals surface area contributed by atoms with E-state index in [-0.39, 0.29) is 5.75 Å². The van der Waals surface area contributed by atoms with E-state index in [9.17, 15) is 5.11 Å². The lowest BCUT2D eigenvalue weighted by atomic mass is 10.0. The first-order valence-corrected chi connectivity index (χ1v) is 10.5. The molecule has 0 spiro atoms. The molecule has 2 N–H and O–H groups in total. The van der Waals surface area contributed by atoms with Gasteiger partial charge in [0.1, 0.15) is 5.82 Å². The minimum Gasteiger partial charge on any atom is -0.504 e. The molecule has 5 nitrogen and oxygen atoms in total. The van der Waals surface area contributed by atoms with Crippen molar-refractivity contribution in [2.24, 2.45) is 0 Å². The molecule has 0 unspecified atom stereocenters.